The molecule has 0 fully saturated rings. The quantitative estimate of drug-likeness (QED) is 0.741. The van der Waals surface area contributed by atoms with E-state index in [9.17, 15) is 0 Å². The first kappa shape index (κ1) is 13.4. The Labute approximate surface area is 123 Å². The number of nitrogens with two attached hydrogens (primary N) is 1. The largest absolute Gasteiger partial charge is 0.399 e. The van der Waals surface area contributed by atoms with Gasteiger partial charge in [-0.05, 0) is 31.5 Å². The molecule has 6 nitrogen and oxygen atoms in total. The first-order valence-corrected chi connectivity index (χ1v) is 6.94. The van der Waals surface area contributed by atoms with Crippen LogP contribution in [0.3, 0.4) is 0 Å². The molecule has 3 aromatic rings. The normalized spacial score (nSPS) is 11.0. The van der Waals surface area contributed by atoms with Crippen molar-refractivity contribution in [2.24, 2.45) is 0 Å². The SMILES string of the molecule is CCN(Cc1cccc(N)c1)c1nccn2c(C)nnc12. The molecule has 0 atom stereocenters. The summed E-state index contributed by atoms with van der Waals surface area (Å²) >= 11 is 0. The molecule has 108 valence electrons. The number of benzene rings is 1. The van der Waals surface area contributed by atoms with Crippen LogP contribution in [0.4, 0.5) is 11.5 Å². The van der Waals surface area contributed by atoms with Crippen molar-refractivity contribution in [2.75, 3.05) is 17.2 Å². The van der Waals surface area contributed by atoms with Crippen LogP contribution in [0.5, 0.6) is 0 Å². The van der Waals surface area contributed by atoms with Crippen LogP contribution in [0.25, 0.3) is 5.65 Å². The molecule has 0 aliphatic carbocycles. The van der Waals surface area contributed by atoms with Gasteiger partial charge in [0.05, 0.1) is 0 Å². The summed E-state index contributed by atoms with van der Waals surface area (Å²) in [5.41, 5.74) is 8.55. The second-order valence-corrected chi connectivity index (χ2v) is 4.95. The number of nitrogen functional groups attached to an aromatic ring is 1. The minimum absolute atomic E-state index is 0.736. The van der Waals surface area contributed by atoms with Gasteiger partial charge in [0.1, 0.15) is 5.82 Å². The van der Waals surface area contributed by atoms with Crippen LogP contribution >= 0.6 is 0 Å². The van der Waals surface area contributed by atoms with Gasteiger partial charge in [0.25, 0.3) is 0 Å². The van der Waals surface area contributed by atoms with Crippen LogP contribution in [-0.4, -0.2) is 26.1 Å². The summed E-state index contributed by atoms with van der Waals surface area (Å²) < 4.78 is 1.95. The van der Waals surface area contributed by atoms with Gasteiger partial charge >= 0.3 is 0 Å². The summed E-state index contributed by atoms with van der Waals surface area (Å²) in [5, 5.41) is 8.35. The third-order valence-electron chi connectivity index (χ3n) is 3.48. The fourth-order valence-electron chi connectivity index (χ4n) is 2.40. The van der Waals surface area contributed by atoms with Crippen molar-refractivity contribution in [3.63, 3.8) is 0 Å². The van der Waals surface area contributed by atoms with Crippen molar-refractivity contribution < 1.29 is 0 Å². The summed E-state index contributed by atoms with van der Waals surface area (Å²) in [6.45, 7) is 5.59. The smallest absolute Gasteiger partial charge is 0.203 e. The standard InChI is InChI=1S/C15H18N6/c1-3-20(10-12-5-4-6-13(16)9-12)14-15-19-18-11(2)21(15)8-7-17-14/h4-9H,3,10,16H2,1-2H3. The average molecular weight is 282 g/mol. The minimum Gasteiger partial charge on any atom is -0.399 e. The first-order valence-electron chi connectivity index (χ1n) is 6.94. The summed E-state index contributed by atoms with van der Waals surface area (Å²) in [4.78, 5) is 6.65. The topological polar surface area (TPSA) is 72.3 Å². The molecule has 0 bridgehead atoms. The zero-order valence-corrected chi connectivity index (χ0v) is 12.2. The van der Waals surface area contributed by atoms with Gasteiger partial charge < -0.3 is 10.6 Å². The molecule has 2 aromatic heterocycles. The van der Waals surface area contributed by atoms with E-state index >= 15 is 0 Å². The number of nitrogens with zero attached hydrogens (tertiary/aromatic N) is 5. The fraction of sp³-hybridized carbons (Fsp3) is 0.267. The molecule has 2 heterocycles. The Hall–Kier alpha value is -2.63. The number of fused-ring (bicyclic) bond motifs is 1. The third-order valence-corrected chi connectivity index (χ3v) is 3.48. The highest BCUT2D eigenvalue weighted by Gasteiger charge is 2.14. The van der Waals surface area contributed by atoms with Gasteiger partial charge in [0.2, 0.25) is 5.65 Å². The molecule has 6 heteroatoms. The van der Waals surface area contributed by atoms with Gasteiger partial charge in [0.15, 0.2) is 5.82 Å². The van der Waals surface area contributed by atoms with Crippen LogP contribution in [-0.2, 0) is 6.54 Å². The van der Waals surface area contributed by atoms with E-state index in [0.717, 1.165) is 41.6 Å². The van der Waals surface area contributed by atoms with E-state index in [0.29, 0.717) is 0 Å². The average Bonchev–Trinajstić information content (AvgIpc) is 2.87. The highest BCUT2D eigenvalue weighted by atomic mass is 15.3. The molecule has 0 radical (unpaired) electrons. The zero-order valence-electron chi connectivity index (χ0n) is 12.2. The first-order chi connectivity index (χ1) is 10.2. The molecule has 21 heavy (non-hydrogen) atoms. The van der Waals surface area contributed by atoms with E-state index in [1.807, 2.05) is 35.7 Å². The maximum atomic E-state index is 5.85. The van der Waals surface area contributed by atoms with Crippen molar-refractivity contribution in [1.82, 2.24) is 19.6 Å². The molecule has 0 saturated carbocycles. The predicted molar refractivity (Wildman–Crippen MR) is 83.1 cm³/mol. The number of rotatable bonds is 4. The van der Waals surface area contributed by atoms with Gasteiger partial charge in [-0.1, -0.05) is 12.1 Å². The lowest BCUT2D eigenvalue weighted by molar-refractivity contribution is 0.811. The van der Waals surface area contributed by atoms with Gasteiger partial charge in [-0.3, -0.25) is 4.40 Å². The van der Waals surface area contributed by atoms with Crippen molar-refractivity contribution in [1.29, 1.82) is 0 Å². The van der Waals surface area contributed by atoms with E-state index in [1.54, 1.807) is 6.20 Å². The van der Waals surface area contributed by atoms with E-state index in [1.165, 1.54) is 0 Å². The van der Waals surface area contributed by atoms with Gasteiger partial charge in [-0.15, -0.1) is 10.2 Å². The lowest BCUT2D eigenvalue weighted by Gasteiger charge is -2.22. The van der Waals surface area contributed by atoms with E-state index in [2.05, 4.69) is 33.1 Å². The highest BCUT2D eigenvalue weighted by Crippen LogP contribution is 2.20. The molecule has 0 spiro atoms. The summed E-state index contributed by atoms with van der Waals surface area (Å²) in [6.07, 6.45) is 3.66. The molecule has 3 rings (SSSR count). The highest BCUT2D eigenvalue weighted by molar-refractivity contribution is 5.64. The van der Waals surface area contributed by atoms with Crippen LogP contribution in [0.1, 0.15) is 18.3 Å². The van der Waals surface area contributed by atoms with Crippen molar-refractivity contribution in [2.45, 2.75) is 20.4 Å². The van der Waals surface area contributed by atoms with Crippen LogP contribution < -0.4 is 10.6 Å². The van der Waals surface area contributed by atoms with Crippen molar-refractivity contribution in [3.05, 3.63) is 48.0 Å². The monoisotopic (exact) mass is 282 g/mol. The molecule has 0 unspecified atom stereocenters. The molecule has 0 amide bonds. The van der Waals surface area contributed by atoms with Gasteiger partial charge in [0, 0.05) is 31.2 Å². The molecule has 0 aliphatic heterocycles. The zero-order chi connectivity index (χ0) is 14.8. The molecular formula is C15H18N6. The van der Waals surface area contributed by atoms with Crippen LogP contribution in [0.15, 0.2) is 36.7 Å². The number of aryl methyl sites for hydroxylation is 1. The Bertz CT molecular complexity index is 764. The molecular weight excluding hydrogens is 264 g/mol. The Kier molecular flexibility index (Phi) is 3.43. The number of hydrogen-bond donors (Lipinski definition) is 1. The Balaban J connectivity index is 1.98. The second kappa shape index (κ2) is 5.40. The number of aromatic nitrogens is 4. The molecule has 2 N–H and O–H groups in total. The maximum Gasteiger partial charge on any atom is 0.203 e. The maximum absolute atomic E-state index is 5.85. The van der Waals surface area contributed by atoms with Gasteiger partial charge in [-0.2, -0.15) is 0 Å². The van der Waals surface area contributed by atoms with Crippen molar-refractivity contribution >= 4 is 17.2 Å². The number of anilines is 2. The summed E-state index contributed by atoms with van der Waals surface area (Å²) in [7, 11) is 0. The van der Waals surface area contributed by atoms with Crippen LogP contribution in [0.2, 0.25) is 0 Å². The van der Waals surface area contributed by atoms with E-state index in [4.69, 9.17) is 5.73 Å². The summed E-state index contributed by atoms with van der Waals surface area (Å²) in [5.74, 6) is 1.69. The third kappa shape index (κ3) is 2.52. The minimum atomic E-state index is 0.736. The molecule has 0 saturated heterocycles. The lowest BCUT2D eigenvalue weighted by Crippen LogP contribution is -2.24. The van der Waals surface area contributed by atoms with Crippen LogP contribution in [0, 0.1) is 6.92 Å². The fourth-order valence-corrected chi connectivity index (χ4v) is 2.40. The van der Waals surface area contributed by atoms with E-state index < -0.39 is 0 Å². The number of hydrogen-bond acceptors (Lipinski definition) is 5. The summed E-state index contributed by atoms with van der Waals surface area (Å²) in [6, 6.07) is 7.90. The van der Waals surface area contributed by atoms with Gasteiger partial charge in [-0.25, -0.2) is 4.98 Å². The Morgan fingerprint density at radius 3 is 2.90 bits per heavy atom. The Morgan fingerprint density at radius 2 is 2.14 bits per heavy atom. The second-order valence-electron chi connectivity index (χ2n) is 4.95. The predicted octanol–water partition coefficient (Wildman–Crippen LogP) is 2.04. The molecule has 0 aliphatic rings. The Morgan fingerprint density at radius 1 is 1.29 bits per heavy atom. The molecule has 1 aromatic carbocycles. The lowest BCUT2D eigenvalue weighted by atomic mass is 10.2. The van der Waals surface area contributed by atoms with E-state index in [-0.39, 0.29) is 0 Å². The van der Waals surface area contributed by atoms with Crippen molar-refractivity contribution in [3.8, 4) is 0 Å².